The highest BCUT2D eigenvalue weighted by molar-refractivity contribution is 5.78. The molecule has 0 heterocycles. The monoisotopic (exact) mass is 227 g/mol. The first-order chi connectivity index (χ1) is 7.81. The molecular weight excluding hydrogens is 198 g/mol. The molecule has 0 saturated carbocycles. The second kappa shape index (κ2) is 12.7. The van der Waals surface area contributed by atoms with Crippen LogP contribution in [0.15, 0.2) is 0 Å². The van der Waals surface area contributed by atoms with E-state index >= 15 is 0 Å². The predicted octanol–water partition coefficient (Wildman–Crippen LogP) is 3.83. The standard InChI is InChI=1S/C14H29NO/c1-2-3-4-5-6-7-8-11-14(16)12-9-10-13-15/h2-13,15H2,1H3. The van der Waals surface area contributed by atoms with Gasteiger partial charge >= 0.3 is 0 Å². The van der Waals surface area contributed by atoms with Gasteiger partial charge in [-0.05, 0) is 25.8 Å². The van der Waals surface area contributed by atoms with Crippen molar-refractivity contribution in [3.8, 4) is 0 Å². The fourth-order valence-electron chi connectivity index (χ4n) is 1.87. The van der Waals surface area contributed by atoms with E-state index in [9.17, 15) is 4.79 Å². The van der Waals surface area contributed by atoms with E-state index in [0.717, 1.165) is 32.1 Å². The number of unbranched alkanes of at least 4 members (excludes halogenated alkanes) is 7. The second-order valence-corrected chi connectivity index (χ2v) is 4.66. The highest BCUT2D eigenvalue weighted by Gasteiger charge is 2.00. The average molecular weight is 227 g/mol. The number of hydrogen-bond donors (Lipinski definition) is 1. The Kier molecular flexibility index (Phi) is 12.4. The summed E-state index contributed by atoms with van der Waals surface area (Å²) in [5, 5.41) is 0. The lowest BCUT2D eigenvalue weighted by atomic mass is 10.0. The van der Waals surface area contributed by atoms with Crippen LogP contribution in [0.1, 0.15) is 77.6 Å². The Balaban J connectivity index is 3.09. The maximum absolute atomic E-state index is 11.4. The van der Waals surface area contributed by atoms with E-state index in [1.807, 2.05) is 0 Å². The molecule has 96 valence electrons. The van der Waals surface area contributed by atoms with Crippen molar-refractivity contribution >= 4 is 5.78 Å². The van der Waals surface area contributed by atoms with Gasteiger partial charge in [-0.25, -0.2) is 0 Å². The number of hydrogen-bond acceptors (Lipinski definition) is 2. The first-order valence-corrected chi connectivity index (χ1v) is 7.03. The van der Waals surface area contributed by atoms with Crippen LogP contribution in [0, 0.1) is 0 Å². The van der Waals surface area contributed by atoms with Crippen LogP contribution in [0.2, 0.25) is 0 Å². The zero-order valence-corrected chi connectivity index (χ0v) is 11.0. The minimum Gasteiger partial charge on any atom is -0.330 e. The molecule has 0 aliphatic rings. The van der Waals surface area contributed by atoms with Crippen molar-refractivity contribution < 1.29 is 4.79 Å². The van der Waals surface area contributed by atoms with Crippen molar-refractivity contribution in [2.75, 3.05) is 6.54 Å². The Morgan fingerprint density at radius 2 is 1.31 bits per heavy atom. The van der Waals surface area contributed by atoms with Gasteiger partial charge in [-0.2, -0.15) is 0 Å². The van der Waals surface area contributed by atoms with Gasteiger partial charge in [0.25, 0.3) is 0 Å². The maximum Gasteiger partial charge on any atom is 0.132 e. The molecule has 0 fully saturated rings. The summed E-state index contributed by atoms with van der Waals surface area (Å²) in [6.45, 7) is 2.95. The van der Waals surface area contributed by atoms with Gasteiger partial charge in [-0.3, -0.25) is 4.79 Å². The van der Waals surface area contributed by atoms with Crippen LogP contribution in [0.25, 0.3) is 0 Å². The number of ketones is 1. The summed E-state index contributed by atoms with van der Waals surface area (Å²) in [7, 11) is 0. The first kappa shape index (κ1) is 15.6. The number of nitrogens with two attached hydrogens (primary N) is 1. The lowest BCUT2D eigenvalue weighted by molar-refractivity contribution is -0.119. The zero-order chi connectivity index (χ0) is 12.1. The third-order valence-electron chi connectivity index (χ3n) is 2.97. The van der Waals surface area contributed by atoms with Crippen LogP contribution in [0.4, 0.5) is 0 Å². The summed E-state index contributed by atoms with van der Waals surface area (Å²) in [5.74, 6) is 0.432. The molecule has 0 bridgehead atoms. The predicted molar refractivity (Wildman–Crippen MR) is 70.5 cm³/mol. The van der Waals surface area contributed by atoms with Gasteiger partial charge in [0.05, 0.1) is 0 Å². The van der Waals surface area contributed by atoms with E-state index < -0.39 is 0 Å². The van der Waals surface area contributed by atoms with Crippen LogP contribution in [0.5, 0.6) is 0 Å². The summed E-state index contributed by atoms with van der Waals surface area (Å²) in [6, 6.07) is 0. The molecule has 2 nitrogen and oxygen atoms in total. The molecule has 0 saturated heterocycles. The van der Waals surface area contributed by atoms with Gasteiger partial charge in [0.2, 0.25) is 0 Å². The number of rotatable bonds is 12. The van der Waals surface area contributed by atoms with Crippen molar-refractivity contribution in [3.05, 3.63) is 0 Å². The van der Waals surface area contributed by atoms with E-state index in [4.69, 9.17) is 5.73 Å². The second-order valence-electron chi connectivity index (χ2n) is 4.66. The third-order valence-corrected chi connectivity index (χ3v) is 2.97. The van der Waals surface area contributed by atoms with Crippen molar-refractivity contribution in [2.45, 2.75) is 77.6 Å². The summed E-state index contributed by atoms with van der Waals surface area (Å²) < 4.78 is 0. The summed E-state index contributed by atoms with van der Waals surface area (Å²) in [4.78, 5) is 11.4. The number of carbonyl (C=O) groups is 1. The van der Waals surface area contributed by atoms with Crippen LogP contribution >= 0.6 is 0 Å². The molecule has 0 aliphatic carbocycles. The summed E-state index contributed by atoms with van der Waals surface area (Å²) in [5.41, 5.74) is 5.38. The topological polar surface area (TPSA) is 43.1 Å². The Morgan fingerprint density at radius 1 is 0.812 bits per heavy atom. The number of carbonyl (C=O) groups excluding carboxylic acids is 1. The Labute approximate surface area is 101 Å². The van der Waals surface area contributed by atoms with Gasteiger partial charge in [0, 0.05) is 12.8 Å². The Morgan fingerprint density at radius 3 is 1.88 bits per heavy atom. The molecule has 2 N–H and O–H groups in total. The highest BCUT2D eigenvalue weighted by Crippen LogP contribution is 2.09. The molecule has 0 spiro atoms. The fraction of sp³-hybridized carbons (Fsp3) is 0.929. The van der Waals surface area contributed by atoms with Crippen molar-refractivity contribution in [3.63, 3.8) is 0 Å². The van der Waals surface area contributed by atoms with Gasteiger partial charge < -0.3 is 5.73 Å². The molecule has 0 aromatic heterocycles. The van der Waals surface area contributed by atoms with Gasteiger partial charge in [0.15, 0.2) is 0 Å². The highest BCUT2D eigenvalue weighted by atomic mass is 16.1. The van der Waals surface area contributed by atoms with E-state index in [-0.39, 0.29) is 0 Å². The van der Waals surface area contributed by atoms with E-state index in [2.05, 4.69) is 6.92 Å². The van der Waals surface area contributed by atoms with Crippen LogP contribution in [-0.2, 0) is 4.79 Å². The van der Waals surface area contributed by atoms with E-state index in [1.165, 1.54) is 38.5 Å². The van der Waals surface area contributed by atoms with Crippen LogP contribution in [-0.4, -0.2) is 12.3 Å². The average Bonchev–Trinajstić information content (AvgIpc) is 2.28. The van der Waals surface area contributed by atoms with Crippen LogP contribution < -0.4 is 5.73 Å². The van der Waals surface area contributed by atoms with Gasteiger partial charge in [-0.15, -0.1) is 0 Å². The smallest absolute Gasteiger partial charge is 0.132 e. The SMILES string of the molecule is CCCCCCCCCC(=O)CCCCN. The van der Waals surface area contributed by atoms with Crippen molar-refractivity contribution in [1.82, 2.24) is 0 Å². The Bertz CT molecular complexity index is 157. The molecular formula is C14H29NO. The molecule has 0 aliphatic heterocycles. The minimum atomic E-state index is 0.432. The molecule has 0 rings (SSSR count). The largest absolute Gasteiger partial charge is 0.330 e. The van der Waals surface area contributed by atoms with E-state index in [1.54, 1.807) is 0 Å². The lowest BCUT2D eigenvalue weighted by Gasteiger charge is -2.01. The van der Waals surface area contributed by atoms with Crippen molar-refractivity contribution in [2.24, 2.45) is 5.73 Å². The molecule has 0 aromatic rings. The minimum absolute atomic E-state index is 0.432. The Hall–Kier alpha value is -0.370. The molecule has 16 heavy (non-hydrogen) atoms. The number of Topliss-reactive ketones (excluding diaryl/α,β-unsaturated/α-hetero) is 1. The lowest BCUT2D eigenvalue weighted by Crippen LogP contribution is -2.02. The maximum atomic E-state index is 11.4. The molecule has 0 atom stereocenters. The quantitative estimate of drug-likeness (QED) is 0.515. The fourth-order valence-corrected chi connectivity index (χ4v) is 1.87. The third kappa shape index (κ3) is 11.7. The normalized spacial score (nSPS) is 10.6. The zero-order valence-electron chi connectivity index (χ0n) is 11.0. The molecule has 0 radical (unpaired) electrons. The summed E-state index contributed by atoms with van der Waals surface area (Å²) >= 11 is 0. The van der Waals surface area contributed by atoms with Crippen LogP contribution in [0.3, 0.4) is 0 Å². The molecule has 0 aromatic carbocycles. The molecule has 0 unspecified atom stereocenters. The van der Waals surface area contributed by atoms with Gasteiger partial charge in [0.1, 0.15) is 5.78 Å². The van der Waals surface area contributed by atoms with Gasteiger partial charge in [-0.1, -0.05) is 45.4 Å². The molecule has 0 amide bonds. The van der Waals surface area contributed by atoms with Crippen molar-refractivity contribution in [1.29, 1.82) is 0 Å². The molecule has 2 heteroatoms. The summed E-state index contributed by atoms with van der Waals surface area (Å²) in [6.07, 6.45) is 12.5. The van der Waals surface area contributed by atoms with E-state index in [0.29, 0.717) is 12.3 Å². The first-order valence-electron chi connectivity index (χ1n) is 7.03.